The molecule has 0 spiro atoms. The Morgan fingerprint density at radius 3 is 2.50 bits per heavy atom. The maximum atomic E-state index is 12.1. The topological polar surface area (TPSA) is 50.8 Å². The van der Waals surface area contributed by atoms with Crippen molar-refractivity contribution in [2.24, 2.45) is 0 Å². The highest BCUT2D eigenvalue weighted by Crippen LogP contribution is 2.47. The van der Waals surface area contributed by atoms with Crippen LogP contribution in [0.15, 0.2) is 0 Å². The molecular formula is C9H23N2O3PS. The normalized spacial score (nSPS) is 15.7. The van der Waals surface area contributed by atoms with Crippen LogP contribution in [0.1, 0.15) is 20.3 Å². The Morgan fingerprint density at radius 1 is 1.44 bits per heavy atom. The molecule has 0 heterocycles. The van der Waals surface area contributed by atoms with Crippen LogP contribution in [0.25, 0.3) is 0 Å². The lowest BCUT2D eigenvalue weighted by Gasteiger charge is -2.20. The molecule has 1 atom stereocenters. The average molecular weight is 270 g/mol. The third-order valence-corrected chi connectivity index (χ3v) is 4.30. The third-order valence-electron chi connectivity index (χ3n) is 1.61. The van der Waals surface area contributed by atoms with E-state index in [1.807, 2.05) is 27.9 Å². The van der Waals surface area contributed by atoms with Gasteiger partial charge in [-0.05, 0) is 53.0 Å². The second-order valence-electron chi connectivity index (χ2n) is 3.96. The maximum absolute atomic E-state index is 12.1. The molecule has 0 rings (SSSR count). The van der Waals surface area contributed by atoms with E-state index in [1.54, 1.807) is 6.26 Å². The van der Waals surface area contributed by atoms with Gasteiger partial charge in [-0.2, -0.15) is 0 Å². The highest BCUT2D eigenvalue weighted by molar-refractivity contribution is 7.97. The van der Waals surface area contributed by atoms with Gasteiger partial charge in [0.25, 0.3) is 0 Å². The molecule has 0 aromatic rings. The summed E-state index contributed by atoms with van der Waals surface area (Å²) in [6.45, 7) is 5.21. The van der Waals surface area contributed by atoms with Gasteiger partial charge in [0.15, 0.2) is 0 Å². The lowest BCUT2D eigenvalue weighted by Crippen LogP contribution is -2.21. The van der Waals surface area contributed by atoms with Crippen LogP contribution in [0.2, 0.25) is 0 Å². The summed E-state index contributed by atoms with van der Waals surface area (Å²) in [5.74, 6) is 0. The zero-order chi connectivity index (χ0) is 12.6. The Labute approximate surface area is 103 Å². The van der Waals surface area contributed by atoms with E-state index in [1.165, 1.54) is 0 Å². The van der Waals surface area contributed by atoms with E-state index in [-0.39, 0.29) is 6.10 Å². The number of hydrogen-bond donors (Lipinski definition) is 1. The minimum atomic E-state index is -3.14. The minimum Gasteiger partial charge on any atom is -0.309 e. The summed E-state index contributed by atoms with van der Waals surface area (Å²) in [6, 6.07) is 0. The predicted octanol–water partition coefficient (Wildman–Crippen LogP) is 2.36. The van der Waals surface area contributed by atoms with Crippen molar-refractivity contribution in [3.8, 4) is 0 Å². The molecule has 0 aromatic carbocycles. The third kappa shape index (κ3) is 8.56. The molecule has 0 aliphatic carbocycles. The number of nitrogens with one attached hydrogen (secondary N) is 1. The Hall–Kier alpha value is 0.420. The van der Waals surface area contributed by atoms with E-state index in [9.17, 15) is 4.57 Å². The molecule has 0 amide bonds. The second-order valence-corrected chi connectivity index (χ2v) is 6.41. The van der Waals surface area contributed by atoms with Crippen LogP contribution in [0, 0.1) is 0 Å². The molecule has 1 N–H and O–H groups in total. The first kappa shape index (κ1) is 16.4. The van der Waals surface area contributed by atoms with Crippen LogP contribution in [0.5, 0.6) is 0 Å². The van der Waals surface area contributed by atoms with E-state index in [4.69, 9.17) is 8.49 Å². The fourth-order valence-electron chi connectivity index (χ4n) is 1.07. The monoisotopic (exact) mass is 270 g/mol. The fraction of sp³-hybridized carbons (Fsp3) is 1.00. The van der Waals surface area contributed by atoms with Crippen LogP contribution < -0.4 is 5.09 Å². The van der Waals surface area contributed by atoms with Gasteiger partial charge in [0, 0.05) is 12.8 Å². The maximum Gasteiger partial charge on any atom is 0.416 e. The van der Waals surface area contributed by atoms with E-state index in [0.29, 0.717) is 6.54 Å². The summed E-state index contributed by atoms with van der Waals surface area (Å²) >= 11 is 1.05. The Bertz CT molecular complexity index is 227. The summed E-state index contributed by atoms with van der Waals surface area (Å²) < 4.78 is 22.4. The Balaban J connectivity index is 3.97. The molecule has 7 heteroatoms. The highest BCUT2D eigenvalue weighted by atomic mass is 32.2. The predicted molar refractivity (Wildman–Crippen MR) is 69.6 cm³/mol. The zero-order valence-electron chi connectivity index (χ0n) is 10.7. The second kappa shape index (κ2) is 8.50. The van der Waals surface area contributed by atoms with Gasteiger partial charge in [0.1, 0.15) is 0 Å². The van der Waals surface area contributed by atoms with Gasteiger partial charge in [0.05, 0.1) is 6.10 Å². The summed E-state index contributed by atoms with van der Waals surface area (Å²) in [6.07, 6.45) is 2.49. The lowest BCUT2D eigenvalue weighted by atomic mass is 10.4. The SMILES string of the molecule is CSOP(=O)(NCCCN(C)C)OC(C)C. The molecule has 0 aliphatic rings. The first-order valence-corrected chi connectivity index (χ1v) is 7.99. The van der Waals surface area contributed by atoms with Crippen molar-refractivity contribution >= 4 is 19.8 Å². The smallest absolute Gasteiger partial charge is 0.309 e. The Morgan fingerprint density at radius 2 is 2.06 bits per heavy atom. The van der Waals surface area contributed by atoms with Crippen LogP contribution in [-0.4, -0.2) is 44.4 Å². The van der Waals surface area contributed by atoms with Gasteiger partial charge >= 0.3 is 7.75 Å². The van der Waals surface area contributed by atoms with Gasteiger partial charge in [-0.15, -0.1) is 0 Å². The van der Waals surface area contributed by atoms with E-state index >= 15 is 0 Å². The van der Waals surface area contributed by atoms with Gasteiger partial charge in [-0.1, -0.05) is 0 Å². The van der Waals surface area contributed by atoms with Crippen molar-refractivity contribution in [3.63, 3.8) is 0 Å². The van der Waals surface area contributed by atoms with Crippen LogP contribution in [0.4, 0.5) is 0 Å². The molecule has 0 saturated carbocycles. The first-order chi connectivity index (χ1) is 7.39. The average Bonchev–Trinajstić information content (AvgIpc) is 2.11. The van der Waals surface area contributed by atoms with Crippen molar-refractivity contribution in [1.82, 2.24) is 9.99 Å². The largest absolute Gasteiger partial charge is 0.416 e. The van der Waals surface area contributed by atoms with Crippen molar-refractivity contribution in [2.75, 3.05) is 33.4 Å². The lowest BCUT2D eigenvalue weighted by molar-refractivity contribution is 0.207. The van der Waals surface area contributed by atoms with Crippen molar-refractivity contribution < 1.29 is 13.1 Å². The van der Waals surface area contributed by atoms with Gasteiger partial charge in [0.2, 0.25) is 0 Å². The molecule has 5 nitrogen and oxygen atoms in total. The summed E-state index contributed by atoms with van der Waals surface area (Å²) in [5.41, 5.74) is 0. The number of nitrogens with zero attached hydrogens (tertiary/aromatic N) is 1. The van der Waals surface area contributed by atoms with Crippen LogP contribution in [0.3, 0.4) is 0 Å². The molecule has 16 heavy (non-hydrogen) atoms. The minimum absolute atomic E-state index is 0.126. The molecule has 0 aliphatic heterocycles. The van der Waals surface area contributed by atoms with Gasteiger partial charge in [-0.25, -0.2) is 13.6 Å². The summed E-state index contributed by atoms with van der Waals surface area (Å²) in [5, 5.41) is 2.85. The van der Waals surface area contributed by atoms with Gasteiger partial charge < -0.3 is 4.90 Å². The molecule has 0 fully saturated rings. The van der Waals surface area contributed by atoms with Crippen LogP contribution in [-0.2, 0) is 13.1 Å². The summed E-state index contributed by atoms with van der Waals surface area (Å²) in [4.78, 5) is 2.07. The molecular weight excluding hydrogens is 247 g/mol. The number of rotatable bonds is 9. The van der Waals surface area contributed by atoms with E-state index in [0.717, 1.165) is 25.0 Å². The van der Waals surface area contributed by atoms with Crippen molar-refractivity contribution in [2.45, 2.75) is 26.4 Å². The molecule has 0 radical (unpaired) electrons. The molecule has 0 bridgehead atoms. The molecule has 0 aromatic heterocycles. The standard InChI is InChI=1S/C9H23N2O3PS/c1-9(2)13-15(12,14-16-5)10-7-6-8-11(3)4/h9H,6-8H2,1-5H3,(H,10,12). The zero-order valence-corrected chi connectivity index (χ0v) is 12.4. The van der Waals surface area contributed by atoms with Gasteiger partial charge in [-0.3, -0.25) is 4.52 Å². The van der Waals surface area contributed by atoms with Crippen molar-refractivity contribution in [1.29, 1.82) is 0 Å². The highest BCUT2D eigenvalue weighted by Gasteiger charge is 2.25. The number of hydrogen-bond acceptors (Lipinski definition) is 5. The van der Waals surface area contributed by atoms with Crippen molar-refractivity contribution in [3.05, 3.63) is 0 Å². The Kier molecular flexibility index (Phi) is 8.73. The summed E-state index contributed by atoms with van der Waals surface area (Å²) in [7, 11) is 0.864. The van der Waals surface area contributed by atoms with Crippen LogP contribution >= 0.6 is 19.8 Å². The molecule has 0 saturated heterocycles. The van der Waals surface area contributed by atoms with E-state index in [2.05, 4.69) is 9.99 Å². The first-order valence-electron chi connectivity index (χ1n) is 5.30. The molecule has 98 valence electrons. The molecule has 1 unspecified atom stereocenters. The van der Waals surface area contributed by atoms with E-state index < -0.39 is 7.75 Å². The quantitative estimate of drug-likeness (QED) is 0.394. The fourth-order valence-corrected chi connectivity index (χ4v) is 3.27.